The Bertz CT molecular complexity index is 982. The topological polar surface area (TPSA) is 97.4 Å². The third-order valence-electron chi connectivity index (χ3n) is 3.91. The quantitative estimate of drug-likeness (QED) is 0.559. The minimum Gasteiger partial charge on any atom is -0.451 e. The van der Waals surface area contributed by atoms with Crippen LogP contribution in [0.25, 0.3) is 10.6 Å². The van der Waals surface area contributed by atoms with Crippen molar-refractivity contribution in [2.75, 3.05) is 6.61 Å². The number of ether oxygens (including phenoxy) is 1. The van der Waals surface area contributed by atoms with Crippen LogP contribution in [-0.4, -0.2) is 29.5 Å². The molecule has 0 aliphatic rings. The van der Waals surface area contributed by atoms with Gasteiger partial charge in [-0.3, -0.25) is 10.1 Å². The first kappa shape index (κ1) is 20.7. The maximum atomic E-state index is 12.1. The Morgan fingerprint density at radius 2 is 1.90 bits per heavy atom. The van der Waals surface area contributed by atoms with Gasteiger partial charge in [0, 0.05) is 15.8 Å². The van der Waals surface area contributed by atoms with Gasteiger partial charge in [-0.05, 0) is 23.4 Å². The first-order valence-electron chi connectivity index (χ1n) is 8.87. The number of thiazole rings is 1. The molecule has 0 bridgehead atoms. The second-order valence-corrected chi connectivity index (χ2v) is 7.87. The number of carbonyl (C=O) groups is 3. The van der Waals surface area contributed by atoms with E-state index in [2.05, 4.69) is 22.5 Å². The molecule has 0 saturated heterocycles. The Labute approximate surface area is 175 Å². The van der Waals surface area contributed by atoms with Crippen molar-refractivity contribution >= 4 is 40.6 Å². The van der Waals surface area contributed by atoms with E-state index in [1.165, 1.54) is 28.2 Å². The number of rotatable bonds is 7. The van der Waals surface area contributed by atoms with Gasteiger partial charge in [-0.15, -0.1) is 22.7 Å². The van der Waals surface area contributed by atoms with Gasteiger partial charge in [0.25, 0.3) is 5.91 Å². The van der Waals surface area contributed by atoms with Crippen LogP contribution in [0.4, 0.5) is 4.79 Å². The second kappa shape index (κ2) is 9.94. The van der Waals surface area contributed by atoms with Crippen LogP contribution >= 0.6 is 22.7 Å². The van der Waals surface area contributed by atoms with Crippen molar-refractivity contribution in [3.8, 4) is 10.6 Å². The maximum Gasteiger partial charge on any atom is 0.358 e. The fraction of sp³-hybridized carbons (Fsp3) is 0.200. The monoisotopic (exact) mass is 429 g/mol. The number of aryl methyl sites for hydroxylation is 1. The summed E-state index contributed by atoms with van der Waals surface area (Å²) in [6.07, 6.45) is 0.948. The lowest BCUT2D eigenvalue weighted by Crippen LogP contribution is -2.41. The van der Waals surface area contributed by atoms with Crippen molar-refractivity contribution in [3.05, 3.63) is 63.3 Å². The number of nitrogens with zero attached hydrogens (tertiary/aromatic N) is 1. The Morgan fingerprint density at radius 1 is 1.10 bits per heavy atom. The Kier molecular flexibility index (Phi) is 7.09. The average molecular weight is 430 g/mol. The summed E-state index contributed by atoms with van der Waals surface area (Å²) in [5.41, 5.74) is 2.25. The van der Waals surface area contributed by atoms with E-state index in [0.29, 0.717) is 11.6 Å². The molecule has 3 rings (SSSR count). The highest BCUT2D eigenvalue weighted by Crippen LogP contribution is 2.24. The predicted molar refractivity (Wildman–Crippen MR) is 112 cm³/mol. The predicted octanol–water partition coefficient (Wildman–Crippen LogP) is 3.62. The van der Waals surface area contributed by atoms with Gasteiger partial charge in [-0.25, -0.2) is 14.6 Å². The summed E-state index contributed by atoms with van der Waals surface area (Å²) in [5.74, 6) is -1.43. The first-order valence-corrected chi connectivity index (χ1v) is 10.6. The standard InChI is InChI=1S/C20H19N3O4S2/c1-2-13-5-7-14(8-6-13)18-22-16(12-29-18)19(25)27-11-17(24)23-20(26)21-10-15-4-3-9-28-15/h3-9,12H,2,10-11H2,1H3,(H2,21,23,24,26). The molecule has 2 N–H and O–H groups in total. The summed E-state index contributed by atoms with van der Waals surface area (Å²) in [6, 6.07) is 11.0. The van der Waals surface area contributed by atoms with E-state index >= 15 is 0 Å². The minimum atomic E-state index is -0.716. The molecular weight excluding hydrogens is 410 g/mol. The lowest BCUT2D eigenvalue weighted by atomic mass is 10.1. The maximum absolute atomic E-state index is 12.1. The second-order valence-electron chi connectivity index (χ2n) is 5.97. The summed E-state index contributed by atoms with van der Waals surface area (Å²) in [5, 5.41) is 8.83. The fourth-order valence-corrected chi connectivity index (χ4v) is 3.82. The van der Waals surface area contributed by atoms with Gasteiger partial charge in [0.2, 0.25) is 0 Å². The van der Waals surface area contributed by atoms with Crippen molar-refractivity contribution < 1.29 is 19.1 Å². The molecule has 0 unspecified atom stereocenters. The SMILES string of the molecule is CCc1ccc(-c2nc(C(=O)OCC(=O)NC(=O)NCc3cccs3)cs2)cc1. The Morgan fingerprint density at radius 3 is 2.59 bits per heavy atom. The number of aromatic nitrogens is 1. The van der Waals surface area contributed by atoms with Crippen molar-refractivity contribution in [1.82, 2.24) is 15.6 Å². The highest BCUT2D eigenvalue weighted by molar-refractivity contribution is 7.13. The van der Waals surface area contributed by atoms with Crippen LogP contribution in [0.1, 0.15) is 27.9 Å². The van der Waals surface area contributed by atoms with E-state index < -0.39 is 24.5 Å². The lowest BCUT2D eigenvalue weighted by Gasteiger charge is -2.06. The molecule has 29 heavy (non-hydrogen) atoms. The largest absolute Gasteiger partial charge is 0.451 e. The van der Waals surface area contributed by atoms with Gasteiger partial charge in [-0.1, -0.05) is 37.3 Å². The smallest absolute Gasteiger partial charge is 0.358 e. The zero-order chi connectivity index (χ0) is 20.6. The van der Waals surface area contributed by atoms with Crippen LogP contribution < -0.4 is 10.6 Å². The van der Waals surface area contributed by atoms with Crippen LogP contribution in [0.5, 0.6) is 0 Å². The number of hydrogen-bond donors (Lipinski definition) is 2. The third-order valence-corrected chi connectivity index (χ3v) is 5.68. The van der Waals surface area contributed by atoms with Crippen molar-refractivity contribution in [2.24, 2.45) is 0 Å². The van der Waals surface area contributed by atoms with E-state index in [4.69, 9.17) is 4.74 Å². The van der Waals surface area contributed by atoms with E-state index in [1.807, 2.05) is 41.8 Å². The van der Waals surface area contributed by atoms with Crippen molar-refractivity contribution in [3.63, 3.8) is 0 Å². The van der Waals surface area contributed by atoms with E-state index in [9.17, 15) is 14.4 Å². The van der Waals surface area contributed by atoms with E-state index in [1.54, 1.807) is 5.38 Å². The van der Waals surface area contributed by atoms with Crippen LogP contribution in [0.15, 0.2) is 47.2 Å². The zero-order valence-corrected chi connectivity index (χ0v) is 17.3. The number of hydrogen-bond acceptors (Lipinski definition) is 7. The molecule has 0 aliphatic carbocycles. The lowest BCUT2D eigenvalue weighted by molar-refractivity contribution is -0.123. The van der Waals surface area contributed by atoms with Gasteiger partial charge >= 0.3 is 12.0 Å². The number of esters is 1. The van der Waals surface area contributed by atoms with Gasteiger partial charge < -0.3 is 10.1 Å². The molecule has 7 nitrogen and oxygen atoms in total. The van der Waals surface area contributed by atoms with E-state index in [-0.39, 0.29) is 5.69 Å². The van der Waals surface area contributed by atoms with E-state index in [0.717, 1.165) is 16.9 Å². The molecule has 0 atom stereocenters. The molecule has 2 aromatic heterocycles. The molecule has 0 spiro atoms. The van der Waals surface area contributed by atoms with Gasteiger partial charge in [0.05, 0.1) is 6.54 Å². The molecule has 0 saturated carbocycles. The molecule has 3 aromatic rings. The van der Waals surface area contributed by atoms with Crippen LogP contribution in [0.2, 0.25) is 0 Å². The van der Waals surface area contributed by atoms with Crippen LogP contribution in [0, 0.1) is 0 Å². The Balaban J connectivity index is 1.45. The fourth-order valence-electron chi connectivity index (χ4n) is 2.38. The molecule has 0 fully saturated rings. The molecule has 0 radical (unpaired) electrons. The Hall–Kier alpha value is -3.04. The average Bonchev–Trinajstić information content (AvgIpc) is 3.42. The molecule has 1 aromatic carbocycles. The van der Waals surface area contributed by atoms with Gasteiger partial charge in [0.1, 0.15) is 5.01 Å². The van der Waals surface area contributed by atoms with Crippen LogP contribution in [-0.2, 0) is 22.5 Å². The molecular formula is C20H19N3O4S2. The number of benzene rings is 1. The normalized spacial score (nSPS) is 10.4. The third kappa shape index (κ3) is 5.97. The number of amides is 3. The van der Waals surface area contributed by atoms with Crippen molar-refractivity contribution in [1.29, 1.82) is 0 Å². The summed E-state index contributed by atoms with van der Waals surface area (Å²) in [6.45, 7) is 1.83. The molecule has 2 heterocycles. The highest BCUT2D eigenvalue weighted by atomic mass is 32.1. The minimum absolute atomic E-state index is 0.125. The van der Waals surface area contributed by atoms with Gasteiger partial charge in [0.15, 0.2) is 12.3 Å². The summed E-state index contributed by atoms with van der Waals surface area (Å²) >= 11 is 2.81. The number of carbonyl (C=O) groups excluding carboxylic acids is 3. The van der Waals surface area contributed by atoms with Crippen LogP contribution in [0.3, 0.4) is 0 Å². The molecule has 0 aliphatic heterocycles. The van der Waals surface area contributed by atoms with Gasteiger partial charge in [-0.2, -0.15) is 0 Å². The molecule has 3 amide bonds. The summed E-state index contributed by atoms with van der Waals surface area (Å²) in [7, 11) is 0. The number of thiophene rings is 1. The van der Waals surface area contributed by atoms with Crippen molar-refractivity contribution in [2.45, 2.75) is 19.9 Å². The number of urea groups is 1. The number of imide groups is 1. The first-order chi connectivity index (χ1) is 14.0. The summed E-state index contributed by atoms with van der Waals surface area (Å²) < 4.78 is 4.94. The summed E-state index contributed by atoms with van der Waals surface area (Å²) in [4.78, 5) is 40.8. The zero-order valence-electron chi connectivity index (χ0n) is 15.6. The molecule has 150 valence electrons. The highest BCUT2D eigenvalue weighted by Gasteiger charge is 2.16. The molecule has 9 heteroatoms. The number of nitrogens with one attached hydrogen (secondary N) is 2.